The lowest BCUT2D eigenvalue weighted by Crippen LogP contribution is -2.16. The summed E-state index contributed by atoms with van der Waals surface area (Å²) in [5, 5.41) is 11.7. The first-order chi connectivity index (χ1) is 9.15. The molecule has 0 aliphatic carbocycles. The predicted molar refractivity (Wildman–Crippen MR) is 69.1 cm³/mol. The summed E-state index contributed by atoms with van der Waals surface area (Å²) in [5.41, 5.74) is 0.917. The minimum atomic E-state index is -0.636. The Morgan fingerprint density at radius 1 is 1.21 bits per heavy atom. The minimum absolute atomic E-state index is 0.0164. The molecule has 19 heavy (non-hydrogen) atoms. The van der Waals surface area contributed by atoms with Crippen LogP contribution < -0.4 is 9.47 Å². The topological polar surface area (TPSA) is 77.4 Å². The molecule has 1 aromatic carbocycles. The normalized spacial score (nSPS) is 11.0. The zero-order valence-electron chi connectivity index (χ0n) is 11.2. The first kappa shape index (κ1) is 14.8. The van der Waals surface area contributed by atoms with E-state index in [4.69, 9.17) is 14.7 Å². The maximum Gasteiger partial charge on any atom is 0.355 e. The number of rotatable bonds is 6. The van der Waals surface area contributed by atoms with Gasteiger partial charge >= 0.3 is 5.97 Å². The second-order valence-electron chi connectivity index (χ2n) is 3.73. The van der Waals surface area contributed by atoms with E-state index in [1.54, 1.807) is 20.3 Å². The number of methoxy groups -OCH3 is 3. The lowest BCUT2D eigenvalue weighted by molar-refractivity contribution is -0.133. The molecular weight excluding hydrogens is 250 g/mol. The molecule has 0 fully saturated rings. The molecule has 0 saturated carbocycles. The van der Waals surface area contributed by atoms with Gasteiger partial charge in [0.25, 0.3) is 0 Å². The average molecular weight is 267 g/mol. The molecule has 0 aliphatic rings. The van der Waals surface area contributed by atoms with Crippen LogP contribution in [-0.2, 0) is 16.0 Å². The summed E-state index contributed by atoms with van der Waals surface area (Å²) in [6.45, 7) is 0. The van der Waals surface area contributed by atoms with Crippen molar-refractivity contribution in [3.05, 3.63) is 23.8 Å². The van der Waals surface area contributed by atoms with Crippen LogP contribution in [0.15, 0.2) is 23.4 Å². The van der Waals surface area contributed by atoms with Crippen LogP contribution in [-0.4, -0.2) is 38.2 Å². The molecule has 0 aromatic heterocycles. The average Bonchev–Trinajstić information content (AvgIpc) is 2.47. The fourth-order valence-electron chi connectivity index (χ4n) is 1.61. The second-order valence-corrected chi connectivity index (χ2v) is 3.73. The number of carbonyl (C=O) groups excluding carboxylic acids is 1. The van der Waals surface area contributed by atoms with Crippen molar-refractivity contribution in [2.75, 3.05) is 21.3 Å². The van der Waals surface area contributed by atoms with E-state index in [2.05, 4.69) is 9.89 Å². The van der Waals surface area contributed by atoms with Gasteiger partial charge in [0.1, 0.15) is 0 Å². The highest BCUT2D eigenvalue weighted by atomic mass is 16.5. The number of hydrogen-bond acceptors (Lipinski definition) is 6. The maximum absolute atomic E-state index is 11.2. The van der Waals surface area contributed by atoms with Crippen LogP contribution >= 0.6 is 0 Å². The largest absolute Gasteiger partial charge is 0.493 e. The van der Waals surface area contributed by atoms with Gasteiger partial charge in [0.2, 0.25) is 0 Å². The van der Waals surface area contributed by atoms with E-state index in [1.807, 2.05) is 12.1 Å². The first-order valence-electron chi connectivity index (χ1n) is 5.66. The molecule has 0 amide bonds. The van der Waals surface area contributed by atoms with Crippen molar-refractivity contribution in [1.29, 1.82) is 0 Å². The molecule has 1 aromatic rings. The van der Waals surface area contributed by atoms with Crippen molar-refractivity contribution in [1.82, 2.24) is 0 Å². The Hall–Kier alpha value is -2.24. The molecule has 1 N–H and O–H groups in total. The van der Waals surface area contributed by atoms with Gasteiger partial charge in [0, 0.05) is 6.42 Å². The fraction of sp³-hybridized carbons (Fsp3) is 0.385. The number of hydrogen-bond donors (Lipinski definition) is 1. The van der Waals surface area contributed by atoms with Gasteiger partial charge in [0.15, 0.2) is 17.2 Å². The summed E-state index contributed by atoms with van der Waals surface area (Å²) in [5.74, 6) is 0.610. The second kappa shape index (κ2) is 7.25. The Morgan fingerprint density at radius 3 is 2.42 bits per heavy atom. The van der Waals surface area contributed by atoms with Gasteiger partial charge in [-0.05, 0) is 24.1 Å². The third-order valence-electron chi connectivity index (χ3n) is 2.64. The van der Waals surface area contributed by atoms with E-state index < -0.39 is 5.97 Å². The van der Waals surface area contributed by atoms with E-state index in [-0.39, 0.29) is 12.1 Å². The first-order valence-corrected chi connectivity index (χ1v) is 5.66. The van der Waals surface area contributed by atoms with Gasteiger partial charge < -0.3 is 19.4 Å². The Labute approximate surface area is 111 Å². The van der Waals surface area contributed by atoms with E-state index in [0.29, 0.717) is 17.9 Å². The Morgan fingerprint density at radius 2 is 1.89 bits per heavy atom. The van der Waals surface area contributed by atoms with Crippen LogP contribution in [0.3, 0.4) is 0 Å². The highest BCUT2D eigenvalue weighted by molar-refractivity contribution is 6.36. The zero-order chi connectivity index (χ0) is 14.3. The van der Waals surface area contributed by atoms with E-state index in [1.165, 1.54) is 7.11 Å². The third-order valence-corrected chi connectivity index (χ3v) is 2.64. The molecule has 0 aliphatic heterocycles. The van der Waals surface area contributed by atoms with Gasteiger partial charge in [-0.25, -0.2) is 4.79 Å². The maximum atomic E-state index is 11.2. The van der Waals surface area contributed by atoms with E-state index in [9.17, 15) is 4.79 Å². The van der Waals surface area contributed by atoms with Crippen molar-refractivity contribution < 1.29 is 24.2 Å². The van der Waals surface area contributed by atoms with Crippen molar-refractivity contribution in [2.45, 2.75) is 12.8 Å². The van der Waals surface area contributed by atoms with E-state index in [0.717, 1.165) is 5.56 Å². The van der Waals surface area contributed by atoms with Crippen LogP contribution in [0.4, 0.5) is 0 Å². The van der Waals surface area contributed by atoms with Crippen LogP contribution in [0.2, 0.25) is 0 Å². The monoisotopic (exact) mass is 267 g/mol. The molecular formula is C13H17NO5. The van der Waals surface area contributed by atoms with Gasteiger partial charge in [-0.3, -0.25) is 0 Å². The third kappa shape index (κ3) is 3.87. The predicted octanol–water partition coefficient (Wildman–Crippen LogP) is 1.64. The summed E-state index contributed by atoms with van der Waals surface area (Å²) in [6.07, 6.45) is 0.799. The lowest BCUT2D eigenvalue weighted by Gasteiger charge is -2.09. The van der Waals surface area contributed by atoms with Crippen LogP contribution in [0, 0.1) is 0 Å². The summed E-state index contributed by atoms with van der Waals surface area (Å²) in [6, 6.07) is 5.45. The van der Waals surface area contributed by atoms with Crippen LogP contribution in [0.1, 0.15) is 12.0 Å². The van der Waals surface area contributed by atoms with Gasteiger partial charge in [0.05, 0.1) is 21.3 Å². The quantitative estimate of drug-likeness (QED) is 0.367. The Bertz CT molecular complexity index is 470. The number of carbonyl (C=O) groups is 1. The molecule has 0 spiro atoms. The number of esters is 1. The standard InChI is InChI=1S/C13H17NO5/c1-17-11-7-5-9(8-12(11)18-2)4-6-10(14-16)13(15)19-3/h5,7-8,16H,4,6H2,1-3H3/b14-10-. The molecule has 6 heteroatoms. The van der Waals surface area contributed by atoms with Crippen molar-refractivity contribution in [3.8, 4) is 11.5 Å². The minimum Gasteiger partial charge on any atom is -0.493 e. The molecule has 0 atom stereocenters. The molecule has 0 saturated heterocycles. The molecule has 1 rings (SSSR count). The number of benzene rings is 1. The van der Waals surface area contributed by atoms with Gasteiger partial charge in [-0.15, -0.1) is 0 Å². The number of nitrogens with zero attached hydrogens (tertiary/aromatic N) is 1. The van der Waals surface area contributed by atoms with E-state index >= 15 is 0 Å². The van der Waals surface area contributed by atoms with Crippen LogP contribution in [0.25, 0.3) is 0 Å². The summed E-state index contributed by atoms with van der Waals surface area (Å²) < 4.78 is 14.8. The zero-order valence-corrected chi connectivity index (χ0v) is 11.2. The van der Waals surface area contributed by atoms with Crippen molar-refractivity contribution >= 4 is 11.7 Å². The van der Waals surface area contributed by atoms with Crippen molar-refractivity contribution in [3.63, 3.8) is 0 Å². The Kier molecular flexibility index (Phi) is 5.66. The number of ether oxygens (including phenoxy) is 3. The van der Waals surface area contributed by atoms with Gasteiger partial charge in [-0.1, -0.05) is 11.2 Å². The smallest absolute Gasteiger partial charge is 0.355 e. The highest BCUT2D eigenvalue weighted by Gasteiger charge is 2.13. The lowest BCUT2D eigenvalue weighted by atomic mass is 10.1. The molecule has 6 nitrogen and oxygen atoms in total. The molecule has 0 bridgehead atoms. The summed E-state index contributed by atoms with van der Waals surface area (Å²) >= 11 is 0. The molecule has 0 radical (unpaired) electrons. The van der Waals surface area contributed by atoms with Crippen molar-refractivity contribution in [2.24, 2.45) is 5.16 Å². The fourth-order valence-corrected chi connectivity index (χ4v) is 1.61. The van der Waals surface area contributed by atoms with Crippen LogP contribution in [0.5, 0.6) is 11.5 Å². The van der Waals surface area contributed by atoms with Gasteiger partial charge in [-0.2, -0.15) is 0 Å². The molecule has 104 valence electrons. The number of aryl methyl sites for hydroxylation is 1. The summed E-state index contributed by atoms with van der Waals surface area (Å²) in [4.78, 5) is 11.2. The Balaban J connectivity index is 2.75. The number of oxime groups is 1. The SMILES string of the molecule is COC(=O)/C(CCc1ccc(OC)c(OC)c1)=N\O. The summed E-state index contributed by atoms with van der Waals surface area (Å²) in [7, 11) is 4.35. The molecule has 0 unspecified atom stereocenters. The highest BCUT2D eigenvalue weighted by Crippen LogP contribution is 2.27. The molecule has 0 heterocycles.